The molecule has 0 radical (unpaired) electrons. The molecule has 1 saturated heterocycles. The number of piperazine rings is 1. The Kier molecular flexibility index (Phi) is 4.98. The maximum atomic E-state index is 5.52. The maximum Gasteiger partial charge on any atom is 0.123 e. The molecule has 0 N–H and O–H groups in total. The average molecular weight is 391 g/mol. The highest BCUT2D eigenvalue weighted by Gasteiger charge is 2.36. The number of nitrogens with zero attached hydrogens (tertiary/aromatic N) is 2. The van der Waals surface area contributed by atoms with Crippen molar-refractivity contribution in [1.82, 2.24) is 9.80 Å². The van der Waals surface area contributed by atoms with Gasteiger partial charge in [-0.25, -0.2) is 0 Å². The Morgan fingerprint density at radius 3 is 2.54 bits per heavy atom. The fraction of sp³-hybridized carbons (Fsp3) is 0.600. The highest BCUT2D eigenvalue weighted by Crippen LogP contribution is 2.43. The van der Waals surface area contributed by atoms with E-state index in [-0.39, 0.29) is 0 Å². The average Bonchev–Trinajstić information content (AvgIpc) is 3.20. The minimum absolute atomic E-state index is 0.874. The summed E-state index contributed by atoms with van der Waals surface area (Å²) in [6, 6.07) is 6.29. The van der Waals surface area contributed by atoms with E-state index in [2.05, 4.69) is 50.0 Å². The molecule has 3 atom stereocenters. The molecule has 4 rings (SSSR count). The van der Waals surface area contributed by atoms with Crippen molar-refractivity contribution in [3.05, 3.63) is 40.4 Å². The highest BCUT2D eigenvalue weighted by molar-refractivity contribution is 9.10. The van der Waals surface area contributed by atoms with Crippen molar-refractivity contribution < 1.29 is 4.74 Å². The van der Waals surface area contributed by atoms with Crippen LogP contribution in [0.2, 0.25) is 0 Å². The lowest BCUT2D eigenvalue weighted by Crippen LogP contribution is -2.47. The van der Waals surface area contributed by atoms with E-state index in [4.69, 9.17) is 4.74 Å². The Morgan fingerprint density at radius 1 is 1.08 bits per heavy atom. The molecule has 4 heteroatoms. The van der Waals surface area contributed by atoms with E-state index in [9.17, 15) is 0 Å². The van der Waals surface area contributed by atoms with Gasteiger partial charge in [-0.15, -0.1) is 0 Å². The van der Waals surface area contributed by atoms with Gasteiger partial charge < -0.3 is 9.64 Å². The molecule has 24 heavy (non-hydrogen) atoms. The second-order valence-electron chi connectivity index (χ2n) is 7.57. The molecule has 0 amide bonds. The number of fused-ring (bicyclic) bond motifs is 2. The number of ether oxygens (including phenoxy) is 1. The summed E-state index contributed by atoms with van der Waals surface area (Å²) in [5.41, 5.74) is 1.28. The molecule has 1 aromatic rings. The Balaban J connectivity index is 1.29. The van der Waals surface area contributed by atoms with E-state index < -0.39 is 0 Å². The largest absolute Gasteiger partial charge is 0.496 e. The molecule has 0 unspecified atom stereocenters. The Hall–Kier alpha value is -0.840. The first-order chi connectivity index (χ1) is 11.7. The summed E-state index contributed by atoms with van der Waals surface area (Å²) in [4.78, 5) is 5.25. The molecule has 0 aromatic heterocycles. The minimum Gasteiger partial charge on any atom is -0.496 e. The summed E-state index contributed by atoms with van der Waals surface area (Å²) in [7, 11) is 1.76. The zero-order valence-electron chi connectivity index (χ0n) is 14.5. The SMILES string of the molecule is COc1ccc(Br)cc1CN1CCN(C[C@@H]2C[C@@H]3C=C[C@H]2C3)CC1. The molecule has 0 spiro atoms. The van der Waals surface area contributed by atoms with Crippen LogP contribution in [-0.4, -0.2) is 49.6 Å². The van der Waals surface area contributed by atoms with Gasteiger partial charge in [-0.1, -0.05) is 28.1 Å². The van der Waals surface area contributed by atoms with Gasteiger partial charge in [0.1, 0.15) is 5.75 Å². The normalized spacial score (nSPS) is 30.2. The molecular weight excluding hydrogens is 364 g/mol. The standard InChI is InChI=1S/C20H27BrN2O/c1-24-20-5-4-19(21)12-18(20)14-23-8-6-22(7-9-23)13-17-11-15-2-3-16(17)10-15/h2-5,12,15-17H,6-11,13-14H2,1H3/t15-,16+,17+/m1/s1. The molecule has 3 nitrogen and oxygen atoms in total. The van der Waals surface area contributed by atoms with Crippen molar-refractivity contribution in [3.8, 4) is 5.75 Å². The lowest BCUT2D eigenvalue weighted by molar-refractivity contribution is 0.108. The predicted octanol–water partition coefficient (Wildman–Crippen LogP) is 3.79. The van der Waals surface area contributed by atoms with Crippen molar-refractivity contribution in [3.63, 3.8) is 0 Å². The number of benzene rings is 1. The zero-order valence-corrected chi connectivity index (χ0v) is 16.0. The summed E-state index contributed by atoms with van der Waals surface area (Å²) in [5.74, 6) is 3.68. The van der Waals surface area contributed by atoms with Crippen molar-refractivity contribution in [2.24, 2.45) is 17.8 Å². The minimum atomic E-state index is 0.874. The number of hydrogen-bond acceptors (Lipinski definition) is 3. The molecule has 1 aromatic carbocycles. The second-order valence-corrected chi connectivity index (χ2v) is 8.49. The smallest absolute Gasteiger partial charge is 0.123 e. The summed E-state index contributed by atoms with van der Waals surface area (Å²) in [5, 5.41) is 0. The third-order valence-corrected chi connectivity index (χ3v) is 6.50. The van der Waals surface area contributed by atoms with Gasteiger partial charge in [0, 0.05) is 49.3 Å². The van der Waals surface area contributed by atoms with Crippen LogP contribution < -0.4 is 4.74 Å². The number of allylic oxidation sites excluding steroid dienone is 2. The summed E-state index contributed by atoms with van der Waals surface area (Å²) in [6.07, 6.45) is 7.78. The first-order valence-electron chi connectivity index (χ1n) is 9.16. The zero-order chi connectivity index (χ0) is 16.5. The van der Waals surface area contributed by atoms with Crippen LogP contribution in [-0.2, 0) is 6.54 Å². The second kappa shape index (κ2) is 7.19. The Labute approximate surface area is 153 Å². The molecule has 3 aliphatic rings. The number of hydrogen-bond donors (Lipinski definition) is 0. The number of halogens is 1. The molecule has 1 heterocycles. The lowest BCUT2D eigenvalue weighted by atomic mass is 9.93. The van der Waals surface area contributed by atoms with Crippen molar-refractivity contribution in [2.75, 3.05) is 39.8 Å². The van der Waals surface area contributed by atoms with Crippen LogP contribution in [0.5, 0.6) is 5.75 Å². The van der Waals surface area contributed by atoms with E-state index in [1.165, 1.54) is 38.0 Å². The van der Waals surface area contributed by atoms with Crippen molar-refractivity contribution in [2.45, 2.75) is 19.4 Å². The van der Waals surface area contributed by atoms with Crippen LogP contribution >= 0.6 is 15.9 Å². The van der Waals surface area contributed by atoms with E-state index in [1.54, 1.807) is 7.11 Å². The Bertz CT molecular complexity index is 610. The monoisotopic (exact) mass is 390 g/mol. The van der Waals surface area contributed by atoms with Crippen LogP contribution in [0.3, 0.4) is 0 Å². The van der Waals surface area contributed by atoms with Crippen LogP contribution in [0.1, 0.15) is 18.4 Å². The summed E-state index contributed by atoms with van der Waals surface area (Å²) in [6.45, 7) is 7.01. The first-order valence-corrected chi connectivity index (χ1v) is 9.96. The number of methoxy groups -OCH3 is 1. The molecule has 2 fully saturated rings. The van der Waals surface area contributed by atoms with Crippen LogP contribution in [0.15, 0.2) is 34.8 Å². The predicted molar refractivity (Wildman–Crippen MR) is 101 cm³/mol. The molecule has 1 saturated carbocycles. The van der Waals surface area contributed by atoms with Crippen molar-refractivity contribution >= 4 is 15.9 Å². The number of rotatable bonds is 5. The molecule has 130 valence electrons. The first kappa shape index (κ1) is 16.6. The quantitative estimate of drug-likeness (QED) is 0.711. The van der Waals surface area contributed by atoms with Gasteiger partial charge in [-0.05, 0) is 48.8 Å². The van der Waals surface area contributed by atoms with Gasteiger partial charge in [0.25, 0.3) is 0 Å². The van der Waals surface area contributed by atoms with Gasteiger partial charge in [0.05, 0.1) is 7.11 Å². The van der Waals surface area contributed by atoms with E-state index in [1.807, 2.05) is 6.07 Å². The highest BCUT2D eigenvalue weighted by atomic mass is 79.9. The maximum absolute atomic E-state index is 5.52. The van der Waals surface area contributed by atoms with Gasteiger partial charge in [0.15, 0.2) is 0 Å². The topological polar surface area (TPSA) is 15.7 Å². The van der Waals surface area contributed by atoms with Crippen LogP contribution in [0.4, 0.5) is 0 Å². The van der Waals surface area contributed by atoms with E-state index >= 15 is 0 Å². The fourth-order valence-electron chi connectivity index (χ4n) is 4.68. The molecule has 2 bridgehead atoms. The van der Waals surface area contributed by atoms with Crippen LogP contribution in [0.25, 0.3) is 0 Å². The van der Waals surface area contributed by atoms with Gasteiger partial charge in [-0.3, -0.25) is 4.90 Å². The van der Waals surface area contributed by atoms with Gasteiger partial charge >= 0.3 is 0 Å². The van der Waals surface area contributed by atoms with E-state index in [0.29, 0.717) is 0 Å². The third kappa shape index (κ3) is 3.56. The lowest BCUT2D eigenvalue weighted by Gasteiger charge is -2.37. The van der Waals surface area contributed by atoms with Crippen LogP contribution in [0, 0.1) is 17.8 Å². The summed E-state index contributed by atoms with van der Waals surface area (Å²) < 4.78 is 6.64. The van der Waals surface area contributed by atoms with Gasteiger partial charge in [0.2, 0.25) is 0 Å². The molecule has 1 aliphatic heterocycles. The van der Waals surface area contributed by atoms with Crippen molar-refractivity contribution in [1.29, 1.82) is 0 Å². The third-order valence-electron chi connectivity index (χ3n) is 6.01. The Morgan fingerprint density at radius 2 is 1.88 bits per heavy atom. The fourth-order valence-corrected chi connectivity index (χ4v) is 5.09. The summed E-state index contributed by atoms with van der Waals surface area (Å²) >= 11 is 3.58. The van der Waals surface area contributed by atoms with Gasteiger partial charge in [-0.2, -0.15) is 0 Å². The van der Waals surface area contributed by atoms with E-state index in [0.717, 1.165) is 47.6 Å². The molecule has 2 aliphatic carbocycles. The molecular formula is C20H27BrN2O.